The molecule has 2 amide bonds. The quantitative estimate of drug-likeness (QED) is 0.860. The van der Waals surface area contributed by atoms with Gasteiger partial charge in [0, 0.05) is 20.2 Å². The van der Waals surface area contributed by atoms with Gasteiger partial charge in [-0.2, -0.15) is 0 Å². The van der Waals surface area contributed by atoms with Crippen molar-refractivity contribution in [3.63, 3.8) is 0 Å². The third-order valence-electron chi connectivity index (χ3n) is 3.36. The average Bonchev–Trinajstić information content (AvgIpc) is 2.60. The van der Waals surface area contributed by atoms with E-state index in [4.69, 9.17) is 4.74 Å². The van der Waals surface area contributed by atoms with E-state index < -0.39 is 0 Å². The van der Waals surface area contributed by atoms with Crippen LogP contribution < -0.4 is 10.1 Å². The van der Waals surface area contributed by atoms with Gasteiger partial charge in [-0.1, -0.05) is 24.3 Å². The zero-order valence-corrected chi connectivity index (χ0v) is 13.9. The number of benzene rings is 2. The van der Waals surface area contributed by atoms with E-state index in [1.54, 1.807) is 51.5 Å². The van der Waals surface area contributed by atoms with Gasteiger partial charge in [-0.25, -0.2) is 0 Å². The molecule has 0 atom stereocenters. The molecule has 0 aliphatic carbocycles. The molecule has 0 saturated heterocycles. The van der Waals surface area contributed by atoms with E-state index in [1.807, 2.05) is 24.3 Å². The van der Waals surface area contributed by atoms with Crippen LogP contribution in [0.1, 0.15) is 15.9 Å². The molecule has 24 heavy (non-hydrogen) atoms. The van der Waals surface area contributed by atoms with Crippen molar-refractivity contribution in [2.75, 3.05) is 26.5 Å². The summed E-state index contributed by atoms with van der Waals surface area (Å²) in [5, 5.41) is 2.74. The maximum absolute atomic E-state index is 12.1. The number of rotatable bonds is 5. The predicted molar refractivity (Wildman–Crippen MR) is 95.1 cm³/mol. The molecule has 124 valence electrons. The van der Waals surface area contributed by atoms with E-state index in [0.717, 1.165) is 11.3 Å². The molecule has 0 saturated carbocycles. The second-order valence-corrected chi connectivity index (χ2v) is 5.34. The molecule has 0 aliphatic heterocycles. The molecule has 0 fully saturated rings. The van der Waals surface area contributed by atoms with Crippen molar-refractivity contribution < 1.29 is 14.3 Å². The molecule has 0 unspecified atom stereocenters. The molecule has 0 heterocycles. The van der Waals surface area contributed by atoms with Crippen LogP contribution in [0.5, 0.6) is 5.75 Å². The first-order valence-electron chi connectivity index (χ1n) is 7.45. The van der Waals surface area contributed by atoms with Crippen molar-refractivity contribution in [2.45, 2.75) is 0 Å². The molecular formula is C19H20N2O3. The van der Waals surface area contributed by atoms with Gasteiger partial charge < -0.3 is 15.0 Å². The highest BCUT2D eigenvalue weighted by molar-refractivity contribution is 6.07. The number of hydrogen-bond acceptors (Lipinski definition) is 3. The van der Waals surface area contributed by atoms with Gasteiger partial charge in [0.1, 0.15) is 5.75 Å². The lowest BCUT2D eigenvalue weighted by Crippen LogP contribution is -2.23. The molecule has 2 aromatic carbocycles. The van der Waals surface area contributed by atoms with Gasteiger partial charge in [-0.15, -0.1) is 0 Å². The van der Waals surface area contributed by atoms with Crippen molar-refractivity contribution in [2.24, 2.45) is 0 Å². The highest BCUT2D eigenvalue weighted by atomic mass is 16.5. The minimum absolute atomic E-state index is 0.162. The molecule has 5 heteroatoms. The summed E-state index contributed by atoms with van der Waals surface area (Å²) >= 11 is 0. The molecular weight excluding hydrogens is 304 g/mol. The van der Waals surface area contributed by atoms with Crippen LogP contribution in [0.2, 0.25) is 0 Å². The van der Waals surface area contributed by atoms with Crippen molar-refractivity contribution in [1.82, 2.24) is 4.90 Å². The number of carbonyl (C=O) groups is 2. The fourth-order valence-corrected chi connectivity index (χ4v) is 2.08. The van der Waals surface area contributed by atoms with Crippen molar-refractivity contribution in [1.29, 1.82) is 0 Å². The van der Waals surface area contributed by atoms with Crippen LogP contribution in [-0.2, 0) is 4.79 Å². The Hall–Kier alpha value is -3.08. The first-order valence-corrected chi connectivity index (χ1v) is 7.45. The molecule has 0 spiro atoms. The first-order chi connectivity index (χ1) is 11.5. The summed E-state index contributed by atoms with van der Waals surface area (Å²) < 4.78 is 5.09. The van der Waals surface area contributed by atoms with Crippen LogP contribution >= 0.6 is 0 Å². The fraction of sp³-hybridized carbons (Fsp3) is 0.158. The van der Waals surface area contributed by atoms with E-state index in [-0.39, 0.29) is 11.8 Å². The molecule has 1 N–H and O–H groups in total. The number of hydrogen-bond donors (Lipinski definition) is 1. The zero-order valence-electron chi connectivity index (χ0n) is 13.9. The Morgan fingerprint density at radius 1 is 1.04 bits per heavy atom. The van der Waals surface area contributed by atoms with E-state index in [1.165, 1.54) is 11.0 Å². The Morgan fingerprint density at radius 3 is 2.33 bits per heavy atom. The predicted octanol–water partition coefficient (Wildman–Crippen LogP) is 3.05. The minimum atomic E-state index is -0.301. The van der Waals surface area contributed by atoms with Gasteiger partial charge in [0.05, 0.1) is 18.4 Å². The van der Waals surface area contributed by atoms with Gasteiger partial charge in [-0.3, -0.25) is 9.59 Å². The fourth-order valence-electron chi connectivity index (χ4n) is 2.08. The lowest BCUT2D eigenvalue weighted by molar-refractivity contribution is -0.111. The molecule has 2 rings (SSSR count). The third kappa shape index (κ3) is 4.46. The monoisotopic (exact) mass is 324 g/mol. The topological polar surface area (TPSA) is 58.6 Å². The Labute approximate surface area is 141 Å². The van der Waals surface area contributed by atoms with Crippen LogP contribution in [0.15, 0.2) is 54.6 Å². The highest BCUT2D eigenvalue weighted by Gasteiger charge is 2.13. The summed E-state index contributed by atoms with van der Waals surface area (Å²) in [5.74, 6) is 0.294. The molecule has 0 aliphatic rings. The molecule has 2 aromatic rings. The van der Waals surface area contributed by atoms with Crippen LogP contribution in [0, 0.1) is 0 Å². The van der Waals surface area contributed by atoms with E-state index in [9.17, 15) is 9.59 Å². The average molecular weight is 324 g/mol. The number of para-hydroxylation sites is 1. The SMILES string of the molecule is COc1ccc(/C=C/C(=O)Nc2ccccc2C(=O)N(C)C)cc1. The molecule has 5 nitrogen and oxygen atoms in total. The van der Waals surface area contributed by atoms with Crippen LogP contribution in [0.3, 0.4) is 0 Å². The smallest absolute Gasteiger partial charge is 0.255 e. The van der Waals surface area contributed by atoms with E-state index in [0.29, 0.717) is 11.3 Å². The number of amides is 2. The van der Waals surface area contributed by atoms with E-state index in [2.05, 4.69) is 5.32 Å². The Kier molecular flexibility index (Phi) is 5.73. The number of ether oxygens (including phenoxy) is 1. The summed E-state index contributed by atoms with van der Waals surface area (Å²) in [6.07, 6.45) is 3.13. The number of anilines is 1. The van der Waals surface area contributed by atoms with Crippen molar-refractivity contribution in [3.8, 4) is 5.75 Å². The minimum Gasteiger partial charge on any atom is -0.497 e. The van der Waals surface area contributed by atoms with Crippen LogP contribution in [-0.4, -0.2) is 37.9 Å². The number of methoxy groups -OCH3 is 1. The molecule has 0 bridgehead atoms. The molecule has 0 radical (unpaired) electrons. The van der Waals surface area contributed by atoms with Gasteiger partial charge >= 0.3 is 0 Å². The Morgan fingerprint density at radius 2 is 1.71 bits per heavy atom. The summed E-state index contributed by atoms with van der Waals surface area (Å²) in [7, 11) is 4.94. The summed E-state index contributed by atoms with van der Waals surface area (Å²) in [6, 6.07) is 14.3. The lowest BCUT2D eigenvalue weighted by atomic mass is 10.1. The van der Waals surface area contributed by atoms with Gasteiger partial charge in [0.2, 0.25) is 5.91 Å². The molecule has 0 aromatic heterocycles. The zero-order chi connectivity index (χ0) is 17.5. The van der Waals surface area contributed by atoms with Crippen molar-refractivity contribution in [3.05, 3.63) is 65.7 Å². The lowest BCUT2D eigenvalue weighted by Gasteiger charge is -2.14. The van der Waals surface area contributed by atoms with Crippen LogP contribution in [0.25, 0.3) is 6.08 Å². The summed E-state index contributed by atoms with van der Waals surface area (Å²) in [5.41, 5.74) is 1.82. The summed E-state index contributed by atoms with van der Waals surface area (Å²) in [4.78, 5) is 25.7. The number of nitrogens with zero attached hydrogens (tertiary/aromatic N) is 1. The maximum atomic E-state index is 12.1. The normalized spacial score (nSPS) is 10.5. The van der Waals surface area contributed by atoms with Gasteiger partial charge in [0.15, 0.2) is 0 Å². The third-order valence-corrected chi connectivity index (χ3v) is 3.36. The van der Waals surface area contributed by atoms with Crippen LogP contribution in [0.4, 0.5) is 5.69 Å². The largest absolute Gasteiger partial charge is 0.497 e. The number of nitrogens with one attached hydrogen (secondary N) is 1. The standard InChI is InChI=1S/C19H20N2O3/c1-21(2)19(23)16-6-4-5-7-17(16)20-18(22)13-10-14-8-11-15(24-3)12-9-14/h4-13H,1-3H3,(H,20,22)/b13-10+. The Balaban J connectivity index is 2.09. The maximum Gasteiger partial charge on any atom is 0.255 e. The first kappa shape index (κ1) is 17.3. The van der Waals surface area contributed by atoms with Crippen molar-refractivity contribution >= 4 is 23.6 Å². The van der Waals surface area contributed by atoms with Gasteiger partial charge in [0.25, 0.3) is 5.91 Å². The Bertz CT molecular complexity index is 749. The van der Waals surface area contributed by atoms with E-state index >= 15 is 0 Å². The highest BCUT2D eigenvalue weighted by Crippen LogP contribution is 2.17. The number of carbonyl (C=O) groups excluding carboxylic acids is 2. The second kappa shape index (κ2) is 7.97. The van der Waals surface area contributed by atoms with Gasteiger partial charge in [-0.05, 0) is 35.9 Å². The summed E-state index contributed by atoms with van der Waals surface area (Å²) in [6.45, 7) is 0. The second-order valence-electron chi connectivity index (χ2n) is 5.34.